The number of benzene rings is 1. The summed E-state index contributed by atoms with van der Waals surface area (Å²) in [6.07, 6.45) is 2.44. The largest absolute Gasteiger partial charge is 0.295 e. The van der Waals surface area contributed by atoms with E-state index >= 15 is 0 Å². The Hall–Kier alpha value is -1.51. The van der Waals surface area contributed by atoms with Crippen LogP contribution in [0.25, 0.3) is 6.08 Å². The van der Waals surface area contributed by atoms with Crippen molar-refractivity contribution in [2.45, 2.75) is 6.92 Å². The van der Waals surface area contributed by atoms with Crippen LogP contribution in [0.4, 0.5) is 8.78 Å². The predicted molar refractivity (Wildman–Crippen MR) is 46.1 cm³/mol. The molecule has 0 fully saturated rings. The third kappa shape index (κ3) is 2.78. The van der Waals surface area contributed by atoms with Crippen molar-refractivity contribution in [1.29, 1.82) is 0 Å². The third-order valence-corrected chi connectivity index (χ3v) is 1.46. The lowest BCUT2D eigenvalue weighted by Gasteiger charge is -1.95. The fourth-order valence-electron chi connectivity index (χ4n) is 0.849. The van der Waals surface area contributed by atoms with Crippen molar-refractivity contribution in [3.05, 3.63) is 41.5 Å². The molecule has 0 bridgehead atoms. The lowest BCUT2D eigenvalue weighted by molar-refractivity contribution is -0.112. The highest BCUT2D eigenvalue weighted by molar-refractivity contribution is 5.91. The number of carbonyl (C=O) groups is 1. The van der Waals surface area contributed by atoms with Gasteiger partial charge in [-0.1, -0.05) is 0 Å². The van der Waals surface area contributed by atoms with Gasteiger partial charge in [-0.05, 0) is 37.3 Å². The summed E-state index contributed by atoms with van der Waals surface area (Å²) < 4.78 is 25.5. The minimum atomic E-state index is -0.543. The fourth-order valence-corrected chi connectivity index (χ4v) is 0.849. The third-order valence-electron chi connectivity index (χ3n) is 1.46. The smallest absolute Gasteiger partial charge is 0.152 e. The van der Waals surface area contributed by atoms with Gasteiger partial charge in [-0.3, -0.25) is 4.79 Å². The van der Waals surface area contributed by atoms with Gasteiger partial charge in [0.25, 0.3) is 0 Å². The van der Waals surface area contributed by atoms with E-state index in [0.29, 0.717) is 0 Å². The second-order valence-corrected chi connectivity index (χ2v) is 2.61. The van der Waals surface area contributed by atoms with Crippen LogP contribution in [0.15, 0.2) is 24.3 Å². The van der Waals surface area contributed by atoms with Crippen LogP contribution in [0.3, 0.4) is 0 Å². The maximum atomic E-state index is 12.9. The highest BCUT2D eigenvalue weighted by Gasteiger charge is 1.99. The first-order valence-corrected chi connectivity index (χ1v) is 3.73. The molecule has 0 aliphatic rings. The van der Waals surface area contributed by atoms with Crippen molar-refractivity contribution in [1.82, 2.24) is 0 Å². The molecular formula is C10H8F2O. The molecule has 0 aliphatic carbocycles. The minimum Gasteiger partial charge on any atom is -0.295 e. The van der Waals surface area contributed by atoms with Gasteiger partial charge in [-0.2, -0.15) is 0 Å². The molecule has 68 valence electrons. The van der Waals surface area contributed by atoms with E-state index in [4.69, 9.17) is 0 Å². The Morgan fingerprint density at radius 2 is 2.08 bits per heavy atom. The summed E-state index contributed by atoms with van der Waals surface area (Å²) in [5.74, 6) is -1.27. The molecule has 0 N–H and O–H groups in total. The second-order valence-electron chi connectivity index (χ2n) is 2.61. The Labute approximate surface area is 74.7 Å². The number of ketones is 1. The quantitative estimate of drug-likeness (QED) is 0.642. The van der Waals surface area contributed by atoms with Crippen molar-refractivity contribution in [2.24, 2.45) is 0 Å². The summed E-state index contributed by atoms with van der Waals surface area (Å²) in [5.41, 5.74) is 0.0789. The van der Waals surface area contributed by atoms with E-state index in [1.165, 1.54) is 19.1 Å². The molecule has 1 aromatic rings. The van der Waals surface area contributed by atoms with Crippen LogP contribution in [0, 0.1) is 11.6 Å². The Kier molecular flexibility index (Phi) is 2.90. The van der Waals surface area contributed by atoms with Crippen molar-refractivity contribution in [3.63, 3.8) is 0 Å². The zero-order valence-corrected chi connectivity index (χ0v) is 7.05. The summed E-state index contributed by atoms with van der Waals surface area (Å²) in [6, 6.07) is 3.09. The maximum absolute atomic E-state index is 12.9. The molecule has 1 aromatic carbocycles. The van der Waals surface area contributed by atoms with Gasteiger partial charge < -0.3 is 0 Å². The zero-order valence-electron chi connectivity index (χ0n) is 7.05. The Bertz CT molecular complexity index is 356. The predicted octanol–water partition coefficient (Wildman–Crippen LogP) is 2.57. The van der Waals surface area contributed by atoms with Gasteiger partial charge in [0.1, 0.15) is 11.6 Å². The van der Waals surface area contributed by atoms with Gasteiger partial charge in [0.2, 0.25) is 0 Å². The lowest BCUT2D eigenvalue weighted by atomic mass is 10.2. The topological polar surface area (TPSA) is 17.1 Å². The Morgan fingerprint density at radius 1 is 1.38 bits per heavy atom. The van der Waals surface area contributed by atoms with Gasteiger partial charge in [0.05, 0.1) is 0 Å². The van der Waals surface area contributed by atoms with E-state index < -0.39 is 11.6 Å². The summed E-state index contributed by atoms with van der Waals surface area (Å²) in [4.78, 5) is 10.5. The number of rotatable bonds is 2. The number of halogens is 2. The highest BCUT2D eigenvalue weighted by Crippen LogP contribution is 2.11. The fraction of sp³-hybridized carbons (Fsp3) is 0.100. The first kappa shape index (κ1) is 9.58. The first-order chi connectivity index (χ1) is 6.09. The SMILES string of the molecule is CC(=O)/C=C/c1cc(F)ccc1F. The van der Waals surface area contributed by atoms with Crippen molar-refractivity contribution in [2.75, 3.05) is 0 Å². The molecule has 0 amide bonds. The van der Waals surface area contributed by atoms with Crippen LogP contribution >= 0.6 is 0 Å². The summed E-state index contributed by atoms with van der Waals surface area (Å²) in [7, 11) is 0. The maximum Gasteiger partial charge on any atom is 0.152 e. The van der Waals surface area contributed by atoms with Crippen LogP contribution in [0.5, 0.6) is 0 Å². The Balaban J connectivity index is 3.00. The Morgan fingerprint density at radius 3 is 2.69 bits per heavy atom. The molecule has 1 nitrogen and oxygen atoms in total. The standard InChI is InChI=1S/C10H8F2O/c1-7(13)2-3-8-6-9(11)4-5-10(8)12/h2-6H,1H3/b3-2+. The monoisotopic (exact) mass is 182 g/mol. The summed E-state index contributed by atoms with van der Waals surface area (Å²) in [6.45, 7) is 1.34. The van der Waals surface area contributed by atoms with Gasteiger partial charge in [0, 0.05) is 5.56 Å². The number of hydrogen-bond donors (Lipinski definition) is 0. The zero-order chi connectivity index (χ0) is 9.84. The van der Waals surface area contributed by atoms with Crippen molar-refractivity contribution < 1.29 is 13.6 Å². The van der Waals surface area contributed by atoms with E-state index in [0.717, 1.165) is 18.2 Å². The molecule has 0 saturated carbocycles. The number of carbonyl (C=O) groups excluding carboxylic acids is 1. The van der Waals surface area contributed by atoms with Crippen LogP contribution < -0.4 is 0 Å². The first-order valence-electron chi connectivity index (χ1n) is 3.73. The molecule has 0 spiro atoms. The van der Waals surface area contributed by atoms with Crippen LogP contribution in [-0.4, -0.2) is 5.78 Å². The second kappa shape index (κ2) is 3.94. The van der Waals surface area contributed by atoms with Gasteiger partial charge in [-0.15, -0.1) is 0 Å². The minimum absolute atomic E-state index is 0.0789. The average molecular weight is 182 g/mol. The van der Waals surface area contributed by atoms with Gasteiger partial charge >= 0.3 is 0 Å². The molecular weight excluding hydrogens is 174 g/mol. The van der Waals surface area contributed by atoms with Gasteiger partial charge in [-0.25, -0.2) is 8.78 Å². The lowest BCUT2D eigenvalue weighted by Crippen LogP contribution is -1.86. The molecule has 0 unspecified atom stereocenters. The van der Waals surface area contributed by atoms with Crippen LogP contribution in [0.1, 0.15) is 12.5 Å². The highest BCUT2D eigenvalue weighted by atomic mass is 19.1. The molecule has 0 radical (unpaired) electrons. The van der Waals surface area contributed by atoms with Crippen LogP contribution in [-0.2, 0) is 4.79 Å². The average Bonchev–Trinajstić information content (AvgIpc) is 2.06. The van der Waals surface area contributed by atoms with Gasteiger partial charge in [0.15, 0.2) is 5.78 Å². The van der Waals surface area contributed by atoms with E-state index in [-0.39, 0.29) is 11.3 Å². The van der Waals surface area contributed by atoms with E-state index in [2.05, 4.69) is 0 Å². The molecule has 0 atom stereocenters. The van der Waals surface area contributed by atoms with E-state index in [9.17, 15) is 13.6 Å². The molecule has 0 aromatic heterocycles. The molecule has 0 aliphatic heterocycles. The summed E-state index contributed by atoms with van der Waals surface area (Å²) >= 11 is 0. The number of hydrogen-bond acceptors (Lipinski definition) is 1. The molecule has 13 heavy (non-hydrogen) atoms. The molecule has 3 heteroatoms. The molecule has 0 heterocycles. The van der Waals surface area contributed by atoms with E-state index in [1.54, 1.807) is 0 Å². The number of allylic oxidation sites excluding steroid dienone is 1. The molecule has 0 saturated heterocycles. The van der Waals surface area contributed by atoms with Crippen molar-refractivity contribution >= 4 is 11.9 Å². The molecule has 1 rings (SSSR count). The summed E-state index contributed by atoms with van der Waals surface area (Å²) in [5, 5.41) is 0. The van der Waals surface area contributed by atoms with E-state index in [1.807, 2.05) is 0 Å². The van der Waals surface area contributed by atoms with Crippen LogP contribution in [0.2, 0.25) is 0 Å². The van der Waals surface area contributed by atoms with Crippen molar-refractivity contribution in [3.8, 4) is 0 Å². The normalized spacial score (nSPS) is 10.7.